The van der Waals surface area contributed by atoms with Crippen molar-refractivity contribution in [2.24, 2.45) is 0 Å². The zero-order valence-electron chi connectivity index (χ0n) is 9.63. The highest BCUT2D eigenvalue weighted by atomic mass is 19.1. The minimum atomic E-state index is -0.282. The lowest BCUT2D eigenvalue weighted by Crippen LogP contribution is -2.11. The Balaban J connectivity index is 2.95. The third kappa shape index (κ3) is 4.01. The second kappa shape index (κ2) is 6.26. The monoisotopic (exact) mass is 221 g/mol. The Morgan fingerprint density at radius 3 is 2.75 bits per heavy atom. The number of benzene rings is 1. The standard InChI is InChI=1S/C13H16FNO/c1-15(2)10-12-6-7-13(14)9-11(12)5-3-4-8-16/h6-7,9,16H,4,8,10H2,1-2H3. The minimum absolute atomic E-state index is 0.0331. The summed E-state index contributed by atoms with van der Waals surface area (Å²) in [6.07, 6.45) is 0.415. The van der Waals surface area contributed by atoms with E-state index < -0.39 is 0 Å². The van der Waals surface area contributed by atoms with E-state index in [1.165, 1.54) is 12.1 Å². The van der Waals surface area contributed by atoms with Crippen LogP contribution in [0.15, 0.2) is 18.2 Å². The lowest BCUT2D eigenvalue weighted by Gasteiger charge is -2.11. The molecule has 0 bridgehead atoms. The molecule has 1 aromatic carbocycles. The van der Waals surface area contributed by atoms with E-state index in [4.69, 9.17) is 5.11 Å². The maximum absolute atomic E-state index is 13.1. The third-order valence-electron chi connectivity index (χ3n) is 2.02. The van der Waals surface area contributed by atoms with Crippen molar-refractivity contribution in [1.82, 2.24) is 4.90 Å². The predicted molar refractivity (Wildman–Crippen MR) is 62.4 cm³/mol. The molecule has 0 aromatic heterocycles. The van der Waals surface area contributed by atoms with Crippen LogP contribution in [0.5, 0.6) is 0 Å². The van der Waals surface area contributed by atoms with Gasteiger partial charge in [-0.2, -0.15) is 0 Å². The number of rotatable bonds is 3. The molecular weight excluding hydrogens is 205 g/mol. The molecule has 0 aliphatic carbocycles. The van der Waals surface area contributed by atoms with Crippen molar-refractivity contribution in [2.45, 2.75) is 13.0 Å². The van der Waals surface area contributed by atoms with Crippen LogP contribution in [0.1, 0.15) is 17.5 Å². The molecule has 1 rings (SSSR count). The molecule has 0 saturated heterocycles. The van der Waals surface area contributed by atoms with Crippen molar-refractivity contribution in [3.8, 4) is 11.8 Å². The average molecular weight is 221 g/mol. The molecule has 0 saturated carbocycles. The SMILES string of the molecule is CN(C)Cc1ccc(F)cc1C#CCCO. The fourth-order valence-electron chi connectivity index (χ4n) is 1.36. The quantitative estimate of drug-likeness (QED) is 0.784. The van der Waals surface area contributed by atoms with E-state index in [1.807, 2.05) is 19.0 Å². The summed E-state index contributed by atoms with van der Waals surface area (Å²) in [6, 6.07) is 4.62. The molecule has 3 heteroatoms. The van der Waals surface area contributed by atoms with Gasteiger partial charge in [0, 0.05) is 18.5 Å². The van der Waals surface area contributed by atoms with Gasteiger partial charge in [0.2, 0.25) is 0 Å². The van der Waals surface area contributed by atoms with Crippen molar-refractivity contribution in [3.63, 3.8) is 0 Å². The first-order valence-electron chi connectivity index (χ1n) is 5.16. The third-order valence-corrected chi connectivity index (χ3v) is 2.02. The van der Waals surface area contributed by atoms with Crippen LogP contribution in [0.2, 0.25) is 0 Å². The van der Waals surface area contributed by atoms with Crippen molar-refractivity contribution in [1.29, 1.82) is 0 Å². The minimum Gasteiger partial charge on any atom is -0.395 e. The summed E-state index contributed by atoms with van der Waals surface area (Å²) in [7, 11) is 3.91. The van der Waals surface area contributed by atoms with E-state index in [1.54, 1.807) is 6.07 Å². The van der Waals surface area contributed by atoms with Crippen LogP contribution in [0.25, 0.3) is 0 Å². The van der Waals surface area contributed by atoms with Crippen molar-refractivity contribution >= 4 is 0 Å². The van der Waals surface area contributed by atoms with Crippen LogP contribution in [0.3, 0.4) is 0 Å². The Bertz CT molecular complexity index is 404. The van der Waals surface area contributed by atoms with E-state index in [2.05, 4.69) is 11.8 Å². The lowest BCUT2D eigenvalue weighted by molar-refractivity contribution is 0.305. The second-order valence-corrected chi connectivity index (χ2v) is 3.81. The van der Waals surface area contributed by atoms with E-state index in [0.717, 1.165) is 12.1 Å². The van der Waals surface area contributed by atoms with Gasteiger partial charge in [-0.15, -0.1) is 0 Å². The largest absolute Gasteiger partial charge is 0.395 e. The zero-order valence-corrected chi connectivity index (χ0v) is 9.63. The first kappa shape index (κ1) is 12.7. The number of aliphatic hydroxyl groups excluding tert-OH is 1. The van der Waals surface area contributed by atoms with Gasteiger partial charge in [-0.1, -0.05) is 17.9 Å². The van der Waals surface area contributed by atoms with Gasteiger partial charge in [0.05, 0.1) is 6.61 Å². The summed E-state index contributed by atoms with van der Waals surface area (Å²) in [6.45, 7) is 0.759. The van der Waals surface area contributed by atoms with Gasteiger partial charge in [-0.3, -0.25) is 0 Å². The molecule has 0 fully saturated rings. The first-order chi connectivity index (χ1) is 7.63. The van der Waals surface area contributed by atoms with Gasteiger partial charge in [-0.25, -0.2) is 4.39 Å². The molecule has 16 heavy (non-hydrogen) atoms. The first-order valence-corrected chi connectivity index (χ1v) is 5.16. The van der Waals surface area contributed by atoms with Crippen LogP contribution >= 0.6 is 0 Å². The highest BCUT2D eigenvalue weighted by molar-refractivity contribution is 5.41. The topological polar surface area (TPSA) is 23.5 Å². The number of halogens is 1. The van der Waals surface area contributed by atoms with Crippen molar-refractivity contribution < 1.29 is 9.50 Å². The number of nitrogens with zero attached hydrogens (tertiary/aromatic N) is 1. The Morgan fingerprint density at radius 2 is 2.12 bits per heavy atom. The highest BCUT2D eigenvalue weighted by Gasteiger charge is 2.02. The Kier molecular flexibility index (Phi) is 4.97. The van der Waals surface area contributed by atoms with E-state index in [-0.39, 0.29) is 12.4 Å². The van der Waals surface area contributed by atoms with Crippen LogP contribution in [-0.4, -0.2) is 30.7 Å². The molecule has 86 valence electrons. The summed E-state index contributed by atoms with van der Waals surface area (Å²) >= 11 is 0. The Morgan fingerprint density at radius 1 is 1.38 bits per heavy atom. The number of aliphatic hydroxyl groups is 1. The second-order valence-electron chi connectivity index (χ2n) is 3.81. The van der Waals surface area contributed by atoms with Crippen molar-refractivity contribution in [2.75, 3.05) is 20.7 Å². The van der Waals surface area contributed by atoms with Crippen LogP contribution < -0.4 is 0 Å². The normalized spacial score (nSPS) is 10.1. The maximum atomic E-state index is 13.1. The van der Waals surface area contributed by atoms with Gasteiger partial charge in [0.1, 0.15) is 5.82 Å². The maximum Gasteiger partial charge on any atom is 0.124 e. The summed E-state index contributed by atoms with van der Waals surface area (Å²) in [5, 5.41) is 8.63. The Hall–Kier alpha value is -1.37. The molecular formula is C13H16FNO. The summed E-state index contributed by atoms with van der Waals surface area (Å²) < 4.78 is 13.1. The van der Waals surface area contributed by atoms with Crippen LogP contribution in [-0.2, 0) is 6.54 Å². The highest BCUT2D eigenvalue weighted by Crippen LogP contribution is 2.11. The molecule has 0 unspecified atom stereocenters. The molecule has 0 radical (unpaired) electrons. The van der Waals surface area contributed by atoms with Crippen molar-refractivity contribution in [3.05, 3.63) is 35.1 Å². The van der Waals surface area contributed by atoms with Gasteiger partial charge in [-0.05, 0) is 31.8 Å². The van der Waals surface area contributed by atoms with Gasteiger partial charge in [0.15, 0.2) is 0 Å². The molecule has 0 heterocycles. The molecule has 0 aliphatic heterocycles. The van der Waals surface area contributed by atoms with E-state index in [9.17, 15) is 4.39 Å². The van der Waals surface area contributed by atoms with Crippen LogP contribution in [0.4, 0.5) is 4.39 Å². The zero-order chi connectivity index (χ0) is 12.0. The lowest BCUT2D eigenvalue weighted by atomic mass is 10.1. The molecule has 1 N–H and O–H groups in total. The molecule has 0 atom stereocenters. The van der Waals surface area contributed by atoms with E-state index in [0.29, 0.717) is 12.0 Å². The van der Waals surface area contributed by atoms with Gasteiger partial charge < -0.3 is 10.0 Å². The molecule has 0 amide bonds. The predicted octanol–water partition coefficient (Wildman–Crippen LogP) is 1.62. The van der Waals surface area contributed by atoms with Crippen LogP contribution in [0, 0.1) is 17.7 Å². The Labute approximate surface area is 95.7 Å². The molecule has 1 aromatic rings. The summed E-state index contributed by atoms with van der Waals surface area (Å²) in [5.74, 6) is 5.41. The van der Waals surface area contributed by atoms with Gasteiger partial charge in [0.25, 0.3) is 0 Å². The molecule has 2 nitrogen and oxygen atoms in total. The molecule has 0 spiro atoms. The number of hydrogen-bond donors (Lipinski definition) is 1. The smallest absolute Gasteiger partial charge is 0.124 e. The summed E-state index contributed by atoms with van der Waals surface area (Å²) in [4.78, 5) is 2.00. The average Bonchev–Trinajstić information content (AvgIpc) is 2.22. The van der Waals surface area contributed by atoms with Gasteiger partial charge >= 0.3 is 0 Å². The molecule has 0 aliphatic rings. The fraction of sp³-hybridized carbons (Fsp3) is 0.385. The fourth-order valence-corrected chi connectivity index (χ4v) is 1.36. The summed E-state index contributed by atoms with van der Waals surface area (Å²) in [5.41, 5.74) is 1.69. The van der Waals surface area contributed by atoms with E-state index >= 15 is 0 Å². The number of hydrogen-bond acceptors (Lipinski definition) is 2.